The molecule has 1 saturated heterocycles. The summed E-state index contributed by atoms with van der Waals surface area (Å²) >= 11 is 0. The van der Waals surface area contributed by atoms with Crippen molar-refractivity contribution >= 4 is 17.6 Å². The molecule has 3 amide bonds. The van der Waals surface area contributed by atoms with Gasteiger partial charge in [0.2, 0.25) is 0 Å². The summed E-state index contributed by atoms with van der Waals surface area (Å²) in [5.74, 6) is -0.00943. The van der Waals surface area contributed by atoms with Crippen LogP contribution in [0.3, 0.4) is 0 Å². The quantitative estimate of drug-likeness (QED) is 0.795. The van der Waals surface area contributed by atoms with E-state index >= 15 is 0 Å². The molecule has 0 saturated carbocycles. The van der Waals surface area contributed by atoms with Gasteiger partial charge in [-0.25, -0.2) is 4.79 Å². The highest BCUT2D eigenvalue weighted by molar-refractivity contribution is 5.97. The average molecular weight is 318 g/mol. The standard InChI is InChI=1S/C17H26N4O2/c1-12(2)19-17(23)20-14-6-4-5-13(11-14)16(22)21(3)15-7-9-18-10-8-15/h4-6,11-12,15,18H,7-10H2,1-3H3,(H2,19,20,23). The summed E-state index contributed by atoms with van der Waals surface area (Å²) in [5, 5.41) is 8.82. The molecule has 0 spiro atoms. The summed E-state index contributed by atoms with van der Waals surface area (Å²) < 4.78 is 0. The maximum atomic E-state index is 12.6. The van der Waals surface area contributed by atoms with Gasteiger partial charge in [0.1, 0.15) is 0 Å². The average Bonchev–Trinajstić information content (AvgIpc) is 2.53. The Hall–Kier alpha value is -2.08. The largest absolute Gasteiger partial charge is 0.339 e. The van der Waals surface area contributed by atoms with E-state index in [1.165, 1.54) is 0 Å². The third-order valence-corrected chi connectivity index (χ3v) is 3.96. The van der Waals surface area contributed by atoms with Crippen molar-refractivity contribution in [2.24, 2.45) is 0 Å². The van der Waals surface area contributed by atoms with Crippen LogP contribution in [0.4, 0.5) is 10.5 Å². The van der Waals surface area contributed by atoms with E-state index in [9.17, 15) is 9.59 Å². The molecule has 126 valence electrons. The molecule has 1 aromatic rings. The van der Waals surface area contributed by atoms with Crippen molar-refractivity contribution in [2.75, 3.05) is 25.5 Å². The lowest BCUT2D eigenvalue weighted by molar-refractivity contribution is 0.0703. The van der Waals surface area contributed by atoms with Crippen molar-refractivity contribution in [3.8, 4) is 0 Å². The second-order valence-electron chi connectivity index (χ2n) is 6.23. The summed E-state index contributed by atoms with van der Waals surface area (Å²) in [6.45, 7) is 5.68. The summed E-state index contributed by atoms with van der Waals surface area (Å²) in [5.41, 5.74) is 1.21. The van der Waals surface area contributed by atoms with Crippen LogP contribution >= 0.6 is 0 Å². The van der Waals surface area contributed by atoms with Crippen LogP contribution in [0.2, 0.25) is 0 Å². The van der Waals surface area contributed by atoms with Crippen molar-refractivity contribution in [3.05, 3.63) is 29.8 Å². The Kier molecular flexibility index (Phi) is 5.98. The molecule has 0 atom stereocenters. The van der Waals surface area contributed by atoms with E-state index in [0.717, 1.165) is 25.9 Å². The van der Waals surface area contributed by atoms with Crippen molar-refractivity contribution in [3.63, 3.8) is 0 Å². The molecule has 0 bridgehead atoms. The minimum atomic E-state index is -0.267. The van der Waals surface area contributed by atoms with Crippen LogP contribution in [0.25, 0.3) is 0 Å². The molecule has 1 fully saturated rings. The molecule has 1 aliphatic rings. The van der Waals surface area contributed by atoms with Crippen molar-refractivity contribution < 1.29 is 9.59 Å². The zero-order valence-electron chi connectivity index (χ0n) is 14.1. The lowest BCUT2D eigenvalue weighted by atomic mass is 10.0. The second-order valence-corrected chi connectivity index (χ2v) is 6.23. The number of amides is 3. The molecule has 0 aromatic heterocycles. The summed E-state index contributed by atoms with van der Waals surface area (Å²) in [6, 6.07) is 7.13. The smallest absolute Gasteiger partial charge is 0.319 e. The Labute approximate surface area is 137 Å². The van der Waals surface area contributed by atoms with Crippen LogP contribution in [0.1, 0.15) is 37.0 Å². The topological polar surface area (TPSA) is 73.5 Å². The number of nitrogens with zero attached hydrogens (tertiary/aromatic N) is 1. The van der Waals surface area contributed by atoms with Crippen LogP contribution in [0.5, 0.6) is 0 Å². The Balaban J connectivity index is 2.03. The molecular weight excluding hydrogens is 292 g/mol. The van der Waals surface area contributed by atoms with Gasteiger partial charge in [0.05, 0.1) is 0 Å². The number of nitrogens with one attached hydrogen (secondary N) is 3. The molecular formula is C17H26N4O2. The molecule has 23 heavy (non-hydrogen) atoms. The third-order valence-electron chi connectivity index (χ3n) is 3.96. The van der Waals surface area contributed by atoms with Gasteiger partial charge in [0.15, 0.2) is 0 Å². The molecule has 6 heteroatoms. The molecule has 0 radical (unpaired) electrons. The zero-order chi connectivity index (χ0) is 16.8. The highest BCUT2D eigenvalue weighted by Gasteiger charge is 2.23. The van der Waals surface area contributed by atoms with Crippen LogP contribution < -0.4 is 16.0 Å². The Bertz CT molecular complexity index is 553. The molecule has 6 nitrogen and oxygen atoms in total. The monoisotopic (exact) mass is 318 g/mol. The van der Waals surface area contributed by atoms with Gasteiger partial charge in [0.25, 0.3) is 5.91 Å². The van der Waals surface area contributed by atoms with Gasteiger partial charge in [-0.2, -0.15) is 0 Å². The zero-order valence-corrected chi connectivity index (χ0v) is 14.1. The maximum Gasteiger partial charge on any atom is 0.319 e. The lowest BCUT2D eigenvalue weighted by Crippen LogP contribution is -2.44. The van der Waals surface area contributed by atoms with E-state index in [4.69, 9.17) is 0 Å². The Morgan fingerprint density at radius 3 is 2.61 bits per heavy atom. The molecule has 3 N–H and O–H groups in total. The second kappa shape index (κ2) is 7.97. The van der Waals surface area contributed by atoms with Crippen LogP contribution in [-0.4, -0.2) is 49.1 Å². The number of anilines is 1. The van der Waals surface area contributed by atoms with Gasteiger partial charge in [-0.05, 0) is 58.0 Å². The number of hydrogen-bond acceptors (Lipinski definition) is 3. The van der Waals surface area contributed by atoms with Crippen LogP contribution in [0.15, 0.2) is 24.3 Å². The number of carbonyl (C=O) groups excluding carboxylic acids is 2. The fourth-order valence-corrected chi connectivity index (χ4v) is 2.72. The number of piperidine rings is 1. The van der Waals surface area contributed by atoms with Crippen molar-refractivity contribution in [2.45, 2.75) is 38.8 Å². The number of benzene rings is 1. The predicted octanol–water partition coefficient (Wildman–Crippen LogP) is 2.04. The van der Waals surface area contributed by atoms with E-state index in [-0.39, 0.29) is 24.0 Å². The molecule has 0 unspecified atom stereocenters. The SMILES string of the molecule is CC(C)NC(=O)Nc1cccc(C(=O)N(C)C2CCNCC2)c1. The van der Waals surface area contributed by atoms with Gasteiger partial charge in [-0.3, -0.25) is 4.79 Å². The van der Waals surface area contributed by atoms with Crippen LogP contribution in [-0.2, 0) is 0 Å². The van der Waals surface area contributed by atoms with E-state index < -0.39 is 0 Å². The fourth-order valence-electron chi connectivity index (χ4n) is 2.72. The molecule has 1 aliphatic heterocycles. The van der Waals surface area contributed by atoms with Crippen LogP contribution in [0, 0.1) is 0 Å². The third kappa shape index (κ3) is 4.96. The summed E-state index contributed by atoms with van der Waals surface area (Å²) in [7, 11) is 1.85. The molecule has 2 rings (SSSR count). The molecule has 1 aromatic carbocycles. The Morgan fingerprint density at radius 1 is 1.26 bits per heavy atom. The van der Waals surface area contributed by atoms with Gasteiger partial charge >= 0.3 is 6.03 Å². The summed E-state index contributed by atoms with van der Waals surface area (Å²) in [6.07, 6.45) is 1.94. The van der Waals surface area contributed by atoms with Crippen molar-refractivity contribution in [1.29, 1.82) is 0 Å². The highest BCUT2D eigenvalue weighted by atomic mass is 16.2. The summed E-state index contributed by atoms with van der Waals surface area (Å²) in [4.78, 5) is 26.2. The number of carbonyl (C=O) groups is 2. The first kappa shape index (κ1) is 17.3. The van der Waals surface area contributed by atoms with Gasteiger partial charge < -0.3 is 20.9 Å². The van der Waals surface area contributed by atoms with Gasteiger partial charge in [0, 0.05) is 30.4 Å². The first-order chi connectivity index (χ1) is 11.0. The van der Waals surface area contributed by atoms with E-state index in [2.05, 4.69) is 16.0 Å². The normalized spacial score (nSPS) is 15.3. The first-order valence-electron chi connectivity index (χ1n) is 8.13. The number of hydrogen-bond donors (Lipinski definition) is 3. The Morgan fingerprint density at radius 2 is 1.96 bits per heavy atom. The van der Waals surface area contributed by atoms with Gasteiger partial charge in [-0.1, -0.05) is 6.07 Å². The number of urea groups is 1. The molecule has 0 aliphatic carbocycles. The lowest BCUT2D eigenvalue weighted by Gasteiger charge is -2.31. The van der Waals surface area contributed by atoms with Crippen molar-refractivity contribution in [1.82, 2.24) is 15.5 Å². The fraction of sp³-hybridized carbons (Fsp3) is 0.529. The highest BCUT2D eigenvalue weighted by Crippen LogP contribution is 2.16. The predicted molar refractivity (Wildman–Crippen MR) is 91.7 cm³/mol. The van der Waals surface area contributed by atoms with E-state index in [1.54, 1.807) is 24.3 Å². The minimum Gasteiger partial charge on any atom is -0.339 e. The maximum absolute atomic E-state index is 12.6. The van der Waals surface area contributed by atoms with Gasteiger partial charge in [-0.15, -0.1) is 0 Å². The minimum absolute atomic E-state index is 0.00943. The molecule has 1 heterocycles. The van der Waals surface area contributed by atoms with E-state index in [0.29, 0.717) is 11.3 Å². The number of rotatable bonds is 4. The first-order valence-corrected chi connectivity index (χ1v) is 8.13. The van der Waals surface area contributed by atoms with E-state index in [1.807, 2.05) is 25.8 Å².